The fraction of sp³-hybridized carbons (Fsp3) is 0.300. The fourth-order valence-electron chi connectivity index (χ4n) is 2.73. The van der Waals surface area contributed by atoms with Crippen molar-refractivity contribution in [3.63, 3.8) is 0 Å². The van der Waals surface area contributed by atoms with Crippen molar-refractivity contribution in [2.75, 3.05) is 13.6 Å². The lowest BCUT2D eigenvalue weighted by atomic mass is 9.97. The second-order valence-electron chi connectivity index (χ2n) is 6.32. The molecule has 0 N–H and O–H groups in total. The van der Waals surface area contributed by atoms with Crippen molar-refractivity contribution >= 4 is 40.9 Å². The summed E-state index contributed by atoms with van der Waals surface area (Å²) in [5, 5.41) is 5.56. The first-order valence-corrected chi connectivity index (χ1v) is 9.26. The molecule has 4 nitrogen and oxygen atoms in total. The highest BCUT2D eigenvalue weighted by molar-refractivity contribution is 6.33. The number of nitrogens with zero attached hydrogens (tertiary/aromatic N) is 3. The normalized spacial score (nSPS) is 16.7. The van der Waals surface area contributed by atoms with Gasteiger partial charge in [-0.3, -0.25) is 0 Å². The predicted molar refractivity (Wildman–Crippen MR) is 109 cm³/mol. The van der Waals surface area contributed by atoms with Gasteiger partial charge in [-0.25, -0.2) is 4.99 Å². The number of rotatable bonds is 5. The molecule has 0 amide bonds. The minimum absolute atomic E-state index is 0.144. The highest BCUT2D eigenvalue weighted by atomic mass is 35.5. The van der Waals surface area contributed by atoms with Crippen LogP contribution in [0.1, 0.15) is 36.1 Å². The van der Waals surface area contributed by atoms with Crippen LogP contribution in [0.2, 0.25) is 10.0 Å². The van der Waals surface area contributed by atoms with E-state index in [-0.39, 0.29) is 6.10 Å². The zero-order valence-corrected chi connectivity index (χ0v) is 16.6. The maximum Gasteiger partial charge on any atom is 0.158 e. The monoisotopic (exact) mass is 389 g/mol. The Balaban J connectivity index is 1.77. The first-order chi connectivity index (χ1) is 12.5. The topological polar surface area (TPSA) is 37.2 Å². The average molecular weight is 390 g/mol. The van der Waals surface area contributed by atoms with Gasteiger partial charge in [0, 0.05) is 25.0 Å². The smallest absolute Gasteiger partial charge is 0.158 e. The number of halogens is 2. The summed E-state index contributed by atoms with van der Waals surface area (Å²) in [4.78, 5) is 12.1. The van der Waals surface area contributed by atoms with Crippen LogP contribution >= 0.6 is 23.2 Å². The third-order valence-corrected chi connectivity index (χ3v) is 4.98. The van der Waals surface area contributed by atoms with Crippen LogP contribution < -0.4 is 0 Å². The van der Waals surface area contributed by atoms with E-state index in [4.69, 9.17) is 28.0 Å². The van der Waals surface area contributed by atoms with Gasteiger partial charge in [0.1, 0.15) is 0 Å². The fourth-order valence-corrected chi connectivity index (χ4v) is 3.07. The van der Waals surface area contributed by atoms with Crippen LogP contribution in [-0.4, -0.2) is 30.5 Å². The largest absolute Gasteiger partial charge is 0.387 e. The SMILES string of the molecule is CCN(C)/C=N\c1cc(C)c(C2CC(c3ccc(Cl)cc3)=NO2)cc1Cl. The third kappa shape index (κ3) is 4.19. The van der Waals surface area contributed by atoms with Crippen LogP contribution in [0.5, 0.6) is 0 Å². The van der Waals surface area contributed by atoms with E-state index in [1.165, 1.54) is 0 Å². The van der Waals surface area contributed by atoms with Gasteiger partial charge in [-0.05, 0) is 54.8 Å². The summed E-state index contributed by atoms with van der Waals surface area (Å²) in [6, 6.07) is 11.5. The van der Waals surface area contributed by atoms with Crippen molar-refractivity contribution in [1.82, 2.24) is 4.90 Å². The molecule has 0 bridgehead atoms. The van der Waals surface area contributed by atoms with Gasteiger partial charge < -0.3 is 9.74 Å². The molecule has 1 heterocycles. The van der Waals surface area contributed by atoms with Gasteiger partial charge in [0.25, 0.3) is 0 Å². The minimum Gasteiger partial charge on any atom is -0.387 e. The summed E-state index contributed by atoms with van der Waals surface area (Å²) >= 11 is 12.4. The maximum atomic E-state index is 6.44. The van der Waals surface area contributed by atoms with E-state index in [9.17, 15) is 0 Å². The van der Waals surface area contributed by atoms with Gasteiger partial charge in [0.15, 0.2) is 6.10 Å². The second kappa shape index (κ2) is 8.11. The molecule has 26 heavy (non-hydrogen) atoms. The van der Waals surface area contributed by atoms with Crippen LogP contribution in [0, 0.1) is 6.92 Å². The minimum atomic E-state index is -0.144. The molecule has 0 aliphatic carbocycles. The standard InChI is InChI=1S/C20H21Cl2N3O/c1-4-25(3)12-23-19-9-13(2)16(10-17(19)22)20-11-18(24-26-20)14-5-7-15(21)8-6-14/h5-10,12,20H,4,11H2,1-3H3/b23-12-. The number of benzene rings is 2. The van der Waals surface area contributed by atoms with Gasteiger partial charge in [-0.2, -0.15) is 0 Å². The lowest BCUT2D eigenvalue weighted by Crippen LogP contribution is -2.14. The van der Waals surface area contributed by atoms with E-state index >= 15 is 0 Å². The predicted octanol–water partition coefficient (Wildman–Crippen LogP) is 5.78. The van der Waals surface area contributed by atoms with E-state index in [1.807, 2.05) is 55.3 Å². The average Bonchev–Trinajstić information content (AvgIpc) is 3.12. The molecule has 136 valence electrons. The van der Waals surface area contributed by atoms with Crippen molar-refractivity contribution in [2.24, 2.45) is 10.1 Å². The zero-order valence-electron chi connectivity index (χ0n) is 15.0. The zero-order chi connectivity index (χ0) is 18.7. The molecule has 0 radical (unpaired) electrons. The molecular weight excluding hydrogens is 369 g/mol. The summed E-state index contributed by atoms with van der Waals surface area (Å²) < 4.78 is 0. The molecular formula is C20H21Cl2N3O. The Labute approximate surface area is 164 Å². The number of aliphatic imine (C=N–C) groups is 1. The Morgan fingerprint density at radius 1 is 1.27 bits per heavy atom. The number of aryl methyl sites for hydroxylation is 1. The molecule has 0 fully saturated rings. The molecule has 6 heteroatoms. The summed E-state index contributed by atoms with van der Waals surface area (Å²) in [6.07, 6.45) is 2.34. The van der Waals surface area contributed by atoms with Crippen LogP contribution in [0.3, 0.4) is 0 Å². The lowest BCUT2D eigenvalue weighted by Gasteiger charge is -2.14. The van der Waals surface area contributed by atoms with Crippen LogP contribution in [0.15, 0.2) is 46.5 Å². The van der Waals surface area contributed by atoms with Gasteiger partial charge in [0.05, 0.1) is 22.8 Å². The maximum absolute atomic E-state index is 6.44. The third-order valence-electron chi connectivity index (χ3n) is 4.42. The van der Waals surface area contributed by atoms with E-state index in [0.717, 1.165) is 34.6 Å². The molecule has 1 aliphatic heterocycles. The van der Waals surface area contributed by atoms with E-state index in [0.29, 0.717) is 16.5 Å². The molecule has 0 spiro atoms. The Kier molecular flexibility index (Phi) is 5.84. The summed E-state index contributed by atoms with van der Waals surface area (Å²) in [5.41, 5.74) is 4.80. The second-order valence-corrected chi connectivity index (χ2v) is 7.16. The van der Waals surface area contributed by atoms with Gasteiger partial charge in [-0.1, -0.05) is 40.5 Å². The molecule has 1 atom stereocenters. The van der Waals surface area contributed by atoms with Crippen LogP contribution in [-0.2, 0) is 4.84 Å². The van der Waals surface area contributed by atoms with Gasteiger partial charge in [0.2, 0.25) is 0 Å². The summed E-state index contributed by atoms with van der Waals surface area (Å²) in [6.45, 7) is 4.99. The molecule has 1 aliphatic rings. The quantitative estimate of drug-likeness (QED) is 0.479. The van der Waals surface area contributed by atoms with Gasteiger partial charge >= 0.3 is 0 Å². The summed E-state index contributed by atoms with van der Waals surface area (Å²) in [5.74, 6) is 0. The molecule has 1 unspecified atom stereocenters. The molecule has 0 saturated carbocycles. The molecule has 3 rings (SSSR count). The van der Waals surface area contributed by atoms with Crippen molar-refractivity contribution in [3.05, 3.63) is 63.1 Å². The van der Waals surface area contributed by atoms with Crippen molar-refractivity contribution < 1.29 is 4.84 Å². The highest BCUT2D eigenvalue weighted by Crippen LogP contribution is 2.36. The van der Waals surface area contributed by atoms with E-state index < -0.39 is 0 Å². The molecule has 0 saturated heterocycles. The molecule has 0 aromatic heterocycles. The molecule has 2 aromatic rings. The lowest BCUT2D eigenvalue weighted by molar-refractivity contribution is 0.0853. The van der Waals surface area contributed by atoms with Crippen molar-refractivity contribution in [1.29, 1.82) is 0 Å². The Morgan fingerprint density at radius 3 is 2.69 bits per heavy atom. The Morgan fingerprint density at radius 2 is 2.00 bits per heavy atom. The van der Waals surface area contributed by atoms with E-state index in [1.54, 1.807) is 6.34 Å². The highest BCUT2D eigenvalue weighted by Gasteiger charge is 2.26. The van der Waals surface area contributed by atoms with E-state index in [2.05, 4.69) is 17.1 Å². The Hall–Kier alpha value is -2.04. The number of hydrogen-bond donors (Lipinski definition) is 0. The first-order valence-electron chi connectivity index (χ1n) is 8.51. The van der Waals surface area contributed by atoms with Crippen LogP contribution in [0.25, 0.3) is 0 Å². The summed E-state index contributed by atoms with van der Waals surface area (Å²) in [7, 11) is 1.97. The van der Waals surface area contributed by atoms with Gasteiger partial charge in [-0.15, -0.1) is 0 Å². The number of hydrogen-bond acceptors (Lipinski definition) is 3. The van der Waals surface area contributed by atoms with Crippen molar-refractivity contribution in [2.45, 2.75) is 26.4 Å². The number of oxime groups is 1. The first kappa shape index (κ1) is 18.7. The van der Waals surface area contributed by atoms with Crippen LogP contribution in [0.4, 0.5) is 5.69 Å². The van der Waals surface area contributed by atoms with Crippen molar-refractivity contribution in [3.8, 4) is 0 Å². The molecule has 2 aromatic carbocycles. The Bertz CT molecular complexity index is 847.